The molecule has 148 valence electrons. The summed E-state index contributed by atoms with van der Waals surface area (Å²) in [5, 5.41) is 0. The number of hydrogen-bond donors (Lipinski definition) is 2. The molecule has 1 atom stereocenters. The first-order chi connectivity index (χ1) is 12.1. The number of nitrogen functional groups attached to an aromatic ring is 1. The molecule has 0 amide bonds. The maximum atomic E-state index is 13.2. The van der Waals surface area contributed by atoms with Crippen molar-refractivity contribution in [3.63, 3.8) is 0 Å². The highest BCUT2D eigenvalue weighted by molar-refractivity contribution is 7.89. The fourth-order valence-corrected chi connectivity index (χ4v) is 4.62. The van der Waals surface area contributed by atoms with Gasteiger partial charge in [-0.05, 0) is 60.7 Å². The van der Waals surface area contributed by atoms with Gasteiger partial charge in [0, 0.05) is 11.7 Å². The van der Waals surface area contributed by atoms with Crippen LogP contribution in [0.25, 0.3) is 0 Å². The summed E-state index contributed by atoms with van der Waals surface area (Å²) in [7, 11) is -4.51. The van der Waals surface area contributed by atoms with Gasteiger partial charge in [-0.1, -0.05) is 6.07 Å². The van der Waals surface area contributed by atoms with E-state index in [1.807, 2.05) is 0 Å². The van der Waals surface area contributed by atoms with E-state index in [1.165, 1.54) is 0 Å². The van der Waals surface area contributed by atoms with Gasteiger partial charge in [0.15, 0.2) is 0 Å². The molecule has 0 bridgehead atoms. The zero-order valence-corrected chi connectivity index (χ0v) is 15.5. The first-order valence-corrected chi connectivity index (χ1v) is 9.33. The van der Waals surface area contributed by atoms with E-state index in [-0.39, 0.29) is 18.5 Å². The van der Waals surface area contributed by atoms with Crippen LogP contribution in [-0.4, -0.2) is 8.42 Å². The number of nitrogens with one attached hydrogen (secondary N) is 1. The maximum Gasteiger partial charge on any atom is 0.417 e. The SMILES string of the molecule is Cl.Nc1ccc2c(c1)CCCC2NS(=O)(=O)c1ccc(F)cc1C(F)(F)F. The number of hydrogen-bond acceptors (Lipinski definition) is 3. The number of sulfonamides is 1. The average molecular weight is 425 g/mol. The Hall–Kier alpha value is -1.84. The molecule has 0 spiro atoms. The predicted molar refractivity (Wildman–Crippen MR) is 95.5 cm³/mol. The van der Waals surface area contributed by atoms with Crippen LogP contribution in [0.1, 0.15) is 35.6 Å². The van der Waals surface area contributed by atoms with E-state index < -0.39 is 38.5 Å². The van der Waals surface area contributed by atoms with Crippen molar-refractivity contribution in [3.05, 3.63) is 58.9 Å². The second kappa shape index (κ2) is 7.65. The second-order valence-electron chi connectivity index (χ2n) is 6.16. The number of alkyl halides is 3. The van der Waals surface area contributed by atoms with Crippen LogP contribution in [0.3, 0.4) is 0 Å². The number of aryl methyl sites for hydroxylation is 1. The van der Waals surface area contributed by atoms with Crippen LogP contribution >= 0.6 is 12.4 Å². The molecule has 0 heterocycles. The standard InChI is InChI=1S/C17H16F4N2O2S.ClH/c18-11-4-7-16(14(9-11)17(19,20)21)26(24,25)23-15-3-1-2-10-8-12(22)5-6-13(10)15;/h4-9,15,23H,1-3,22H2;1H. The molecular weight excluding hydrogens is 408 g/mol. The van der Waals surface area contributed by atoms with Crippen LogP contribution in [0.4, 0.5) is 23.2 Å². The topological polar surface area (TPSA) is 72.2 Å². The summed E-state index contributed by atoms with van der Waals surface area (Å²) in [6, 6.07) is 5.86. The lowest BCUT2D eigenvalue weighted by atomic mass is 9.88. The van der Waals surface area contributed by atoms with Crippen molar-refractivity contribution in [2.75, 3.05) is 5.73 Å². The van der Waals surface area contributed by atoms with E-state index in [9.17, 15) is 26.0 Å². The Morgan fingerprint density at radius 1 is 1.11 bits per heavy atom. The molecule has 27 heavy (non-hydrogen) atoms. The molecule has 1 aliphatic rings. The van der Waals surface area contributed by atoms with Crippen molar-refractivity contribution in [2.24, 2.45) is 0 Å². The van der Waals surface area contributed by atoms with E-state index in [0.717, 1.165) is 5.56 Å². The van der Waals surface area contributed by atoms with E-state index in [2.05, 4.69) is 4.72 Å². The van der Waals surface area contributed by atoms with Gasteiger partial charge in [0.2, 0.25) is 10.0 Å². The fraction of sp³-hybridized carbons (Fsp3) is 0.294. The molecule has 1 aliphatic carbocycles. The normalized spacial score (nSPS) is 17.1. The molecule has 0 aromatic heterocycles. The van der Waals surface area contributed by atoms with Crippen molar-refractivity contribution in [2.45, 2.75) is 36.4 Å². The summed E-state index contributed by atoms with van der Waals surface area (Å²) < 4.78 is 80.2. The van der Waals surface area contributed by atoms with Crippen molar-refractivity contribution in [1.29, 1.82) is 0 Å². The van der Waals surface area contributed by atoms with Crippen LogP contribution in [0.2, 0.25) is 0 Å². The van der Waals surface area contributed by atoms with E-state index in [0.29, 0.717) is 42.6 Å². The Morgan fingerprint density at radius 3 is 2.48 bits per heavy atom. The van der Waals surface area contributed by atoms with E-state index in [1.54, 1.807) is 18.2 Å². The van der Waals surface area contributed by atoms with E-state index >= 15 is 0 Å². The molecule has 0 saturated carbocycles. The lowest BCUT2D eigenvalue weighted by molar-refractivity contribution is -0.140. The summed E-state index contributed by atoms with van der Waals surface area (Å²) in [6.45, 7) is 0. The summed E-state index contributed by atoms with van der Waals surface area (Å²) >= 11 is 0. The molecule has 3 N–H and O–H groups in total. The van der Waals surface area contributed by atoms with Crippen molar-refractivity contribution >= 4 is 28.1 Å². The smallest absolute Gasteiger partial charge is 0.399 e. The summed E-state index contributed by atoms with van der Waals surface area (Å²) in [5.74, 6) is -1.16. The Kier molecular flexibility index (Phi) is 6.08. The molecule has 10 heteroatoms. The number of halogens is 5. The monoisotopic (exact) mass is 424 g/mol. The van der Waals surface area contributed by atoms with E-state index in [4.69, 9.17) is 5.73 Å². The van der Waals surface area contributed by atoms with Crippen LogP contribution in [0.15, 0.2) is 41.3 Å². The first-order valence-electron chi connectivity index (χ1n) is 7.85. The maximum absolute atomic E-state index is 13.2. The van der Waals surface area contributed by atoms with Gasteiger partial charge in [-0.3, -0.25) is 0 Å². The number of benzene rings is 2. The highest BCUT2D eigenvalue weighted by atomic mass is 35.5. The number of nitrogens with two attached hydrogens (primary N) is 1. The first kappa shape index (κ1) is 21.5. The van der Waals surface area contributed by atoms with Gasteiger partial charge >= 0.3 is 6.18 Å². The number of fused-ring (bicyclic) bond motifs is 1. The lowest BCUT2D eigenvalue weighted by Gasteiger charge is -2.27. The predicted octanol–water partition coefficient (Wildman–Crippen LogP) is 4.20. The molecule has 2 aromatic rings. The Bertz CT molecular complexity index is 948. The quantitative estimate of drug-likeness (QED) is 0.573. The Morgan fingerprint density at radius 2 is 1.81 bits per heavy atom. The Labute approximate surface area is 160 Å². The van der Waals surface area contributed by atoms with Gasteiger partial charge in [-0.15, -0.1) is 12.4 Å². The molecule has 0 radical (unpaired) electrons. The van der Waals surface area contributed by atoms with Crippen LogP contribution in [-0.2, 0) is 22.6 Å². The molecule has 0 aliphatic heterocycles. The van der Waals surface area contributed by atoms with Crippen molar-refractivity contribution in [3.8, 4) is 0 Å². The van der Waals surface area contributed by atoms with Crippen molar-refractivity contribution in [1.82, 2.24) is 4.72 Å². The fourth-order valence-electron chi connectivity index (χ4n) is 3.17. The zero-order chi connectivity index (χ0) is 19.1. The second-order valence-corrected chi connectivity index (χ2v) is 7.84. The third-order valence-electron chi connectivity index (χ3n) is 4.32. The van der Waals surface area contributed by atoms with Gasteiger partial charge in [-0.2, -0.15) is 13.2 Å². The third kappa shape index (κ3) is 4.53. The summed E-state index contributed by atoms with van der Waals surface area (Å²) in [6.07, 6.45) is -3.17. The van der Waals surface area contributed by atoms with Gasteiger partial charge in [-0.25, -0.2) is 17.5 Å². The zero-order valence-electron chi connectivity index (χ0n) is 13.9. The highest BCUT2D eigenvalue weighted by Crippen LogP contribution is 2.36. The largest absolute Gasteiger partial charge is 0.417 e. The van der Waals surface area contributed by atoms with Gasteiger partial charge in [0.1, 0.15) is 5.82 Å². The van der Waals surface area contributed by atoms with Crippen LogP contribution in [0, 0.1) is 5.82 Å². The molecule has 1 unspecified atom stereocenters. The number of rotatable bonds is 3. The molecule has 4 nitrogen and oxygen atoms in total. The minimum absolute atomic E-state index is 0. The molecule has 3 rings (SSSR count). The third-order valence-corrected chi connectivity index (χ3v) is 5.85. The van der Waals surface area contributed by atoms with Crippen LogP contribution in [0.5, 0.6) is 0 Å². The number of anilines is 1. The minimum atomic E-state index is -4.99. The summed E-state index contributed by atoms with van der Waals surface area (Å²) in [4.78, 5) is -0.992. The molecule has 2 aromatic carbocycles. The highest BCUT2D eigenvalue weighted by Gasteiger charge is 2.38. The average Bonchev–Trinajstić information content (AvgIpc) is 2.53. The van der Waals surface area contributed by atoms with Gasteiger partial charge in [0.05, 0.1) is 10.5 Å². The molecule has 0 fully saturated rings. The van der Waals surface area contributed by atoms with Gasteiger partial charge in [0.25, 0.3) is 0 Å². The Balaban J connectivity index is 0.00000261. The molecule has 0 saturated heterocycles. The summed E-state index contributed by atoms with van der Waals surface area (Å²) in [5.41, 5.74) is 6.28. The lowest BCUT2D eigenvalue weighted by Crippen LogP contribution is -2.32. The van der Waals surface area contributed by atoms with Crippen LogP contribution < -0.4 is 10.5 Å². The molecular formula is C17H17ClF4N2O2S. The van der Waals surface area contributed by atoms with Gasteiger partial charge < -0.3 is 5.73 Å². The minimum Gasteiger partial charge on any atom is -0.399 e. The van der Waals surface area contributed by atoms with Crippen molar-refractivity contribution < 1.29 is 26.0 Å².